The summed E-state index contributed by atoms with van der Waals surface area (Å²) in [5.74, 6) is -0.368. The van der Waals surface area contributed by atoms with Crippen LogP contribution in [0.1, 0.15) is 22.3 Å². The molecule has 2 N–H and O–H groups in total. The molecule has 0 bridgehead atoms. The monoisotopic (exact) mass is 400 g/mol. The minimum absolute atomic E-state index is 0.0348. The van der Waals surface area contributed by atoms with Crippen LogP contribution in [0.25, 0.3) is 10.2 Å². The number of nitrogens with zero attached hydrogens (tertiary/aromatic N) is 2. The summed E-state index contributed by atoms with van der Waals surface area (Å²) >= 11 is 1.38. The summed E-state index contributed by atoms with van der Waals surface area (Å²) in [7, 11) is -3.70. The third kappa shape index (κ3) is 4.31. The fourth-order valence-electron chi connectivity index (χ4n) is 2.42. The molecular formula is C18H16N4O3S2. The lowest BCUT2D eigenvalue weighted by Gasteiger charge is -2.06. The second-order valence-corrected chi connectivity index (χ2v) is 8.52. The summed E-state index contributed by atoms with van der Waals surface area (Å²) in [5.41, 5.74) is 2.20. The molecule has 0 saturated carbocycles. The van der Waals surface area contributed by atoms with Crippen molar-refractivity contribution in [2.75, 3.05) is 11.9 Å². The molecule has 1 heterocycles. The fraction of sp³-hybridized carbons (Fsp3) is 0.167. The highest BCUT2D eigenvalue weighted by atomic mass is 32.2. The molecule has 3 rings (SSSR count). The van der Waals surface area contributed by atoms with E-state index in [4.69, 9.17) is 5.26 Å². The van der Waals surface area contributed by atoms with E-state index in [1.165, 1.54) is 35.6 Å². The van der Waals surface area contributed by atoms with Gasteiger partial charge in [-0.15, -0.1) is 0 Å². The first kappa shape index (κ1) is 19.0. The lowest BCUT2D eigenvalue weighted by molar-refractivity contribution is 0.102. The molecular weight excluding hydrogens is 384 g/mol. The summed E-state index contributed by atoms with van der Waals surface area (Å²) < 4.78 is 27.5. The zero-order valence-corrected chi connectivity index (χ0v) is 16.0. The Bertz CT molecular complexity index is 1130. The van der Waals surface area contributed by atoms with Crippen LogP contribution >= 0.6 is 11.3 Å². The molecule has 9 heteroatoms. The maximum atomic E-state index is 12.4. The Labute approximate surface area is 160 Å². The number of aryl methyl sites for hydroxylation is 1. The van der Waals surface area contributed by atoms with E-state index in [-0.39, 0.29) is 23.8 Å². The van der Waals surface area contributed by atoms with Crippen LogP contribution < -0.4 is 10.0 Å². The van der Waals surface area contributed by atoms with Gasteiger partial charge in [0.15, 0.2) is 5.13 Å². The van der Waals surface area contributed by atoms with Gasteiger partial charge in [0.1, 0.15) is 0 Å². The Morgan fingerprint density at radius 2 is 1.96 bits per heavy atom. The van der Waals surface area contributed by atoms with Gasteiger partial charge in [-0.25, -0.2) is 18.1 Å². The van der Waals surface area contributed by atoms with Gasteiger partial charge in [-0.05, 0) is 42.8 Å². The quantitative estimate of drug-likeness (QED) is 0.618. The van der Waals surface area contributed by atoms with E-state index in [1.54, 1.807) is 0 Å². The topological polar surface area (TPSA) is 112 Å². The number of para-hydroxylation sites is 1. The summed E-state index contributed by atoms with van der Waals surface area (Å²) in [6, 6.07) is 13.3. The number of hydrogen-bond acceptors (Lipinski definition) is 6. The first-order chi connectivity index (χ1) is 12.9. The molecule has 2 aromatic carbocycles. The van der Waals surface area contributed by atoms with Gasteiger partial charge < -0.3 is 0 Å². The number of sulfonamides is 1. The van der Waals surface area contributed by atoms with Crippen molar-refractivity contribution in [3.63, 3.8) is 0 Å². The van der Waals surface area contributed by atoms with Crippen molar-refractivity contribution in [3.8, 4) is 6.07 Å². The van der Waals surface area contributed by atoms with Gasteiger partial charge in [0.05, 0.1) is 21.2 Å². The smallest absolute Gasteiger partial charge is 0.257 e. The third-order valence-corrected chi connectivity index (χ3v) is 6.21. The van der Waals surface area contributed by atoms with E-state index in [1.807, 2.05) is 31.2 Å². The number of benzene rings is 2. The highest BCUT2D eigenvalue weighted by Gasteiger charge is 2.15. The van der Waals surface area contributed by atoms with Crippen LogP contribution in [-0.4, -0.2) is 25.9 Å². The van der Waals surface area contributed by atoms with Gasteiger partial charge in [0.25, 0.3) is 5.91 Å². The Hall–Kier alpha value is -2.80. The number of rotatable bonds is 6. The number of fused-ring (bicyclic) bond motifs is 1. The number of thiazole rings is 1. The van der Waals surface area contributed by atoms with Gasteiger partial charge in [-0.3, -0.25) is 10.1 Å². The molecule has 0 aliphatic carbocycles. The predicted octanol–water partition coefficient (Wildman–Crippen LogP) is 3.05. The number of nitrogens with one attached hydrogen (secondary N) is 2. The van der Waals surface area contributed by atoms with Gasteiger partial charge in [-0.2, -0.15) is 5.26 Å². The van der Waals surface area contributed by atoms with E-state index in [9.17, 15) is 13.2 Å². The molecule has 1 aromatic heterocycles. The molecule has 27 heavy (non-hydrogen) atoms. The maximum Gasteiger partial charge on any atom is 0.257 e. The first-order valence-corrected chi connectivity index (χ1v) is 10.3. The van der Waals surface area contributed by atoms with Crippen molar-refractivity contribution in [3.05, 3.63) is 53.6 Å². The van der Waals surface area contributed by atoms with E-state index in [0.29, 0.717) is 10.7 Å². The molecule has 1 amide bonds. The molecule has 0 unspecified atom stereocenters. The molecule has 0 spiro atoms. The molecule has 0 saturated heterocycles. The number of nitriles is 1. The third-order valence-electron chi connectivity index (χ3n) is 3.80. The molecule has 3 aromatic rings. The van der Waals surface area contributed by atoms with Crippen LogP contribution in [0.4, 0.5) is 5.13 Å². The predicted molar refractivity (Wildman–Crippen MR) is 104 cm³/mol. The van der Waals surface area contributed by atoms with Crippen LogP contribution in [0.15, 0.2) is 47.4 Å². The minimum Gasteiger partial charge on any atom is -0.298 e. The molecule has 138 valence electrons. The number of anilines is 1. The van der Waals surface area contributed by atoms with Crippen LogP contribution in [0.5, 0.6) is 0 Å². The highest BCUT2D eigenvalue weighted by Crippen LogP contribution is 2.28. The number of amides is 1. The van der Waals surface area contributed by atoms with Crippen molar-refractivity contribution in [1.29, 1.82) is 5.26 Å². The van der Waals surface area contributed by atoms with Crippen LogP contribution in [-0.2, 0) is 10.0 Å². The highest BCUT2D eigenvalue weighted by molar-refractivity contribution is 7.89. The van der Waals surface area contributed by atoms with Crippen molar-refractivity contribution in [2.24, 2.45) is 0 Å². The van der Waals surface area contributed by atoms with Crippen LogP contribution in [0.2, 0.25) is 0 Å². The lowest BCUT2D eigenvalue weighted by Crippen LogP contribution is -2.24. The second-order valence-electron chi connectivity index (χ2n) is 5.73. The van der Waals surface area contributed by atoms with Crippen LogP contribution in [0.3, 0.4) is 0 Å². The van der Waals surface area contributed by atoms with E-state index in [0.717, 1.165) is 15.8 Å². The average molecular weight is 400 g/mol. The van der Waals surface area contributed by atoms with Crippen molar-refractivity contribution in [2.45, 2.75) is 18.2 Å². The summed E-state index contributed by atoms with van der Waals surface area (Å²) in [6.07, 6.45) is 0.0847. The zero-order valence-electron chi connectivity index (χ0n) is 14.4. The number of carbonyl (C=O) groups is 1. The van der Waals surface area contributed by atoms with E-state index >= 15 is 0 Å². The zero-order chi connectivity index (χ0) is 19.4. The molecule has 0 radical (unpaired) electrons. The van der Waals surface area contributed by atoms with Gasteiger partial charge in [-0.1, -0.05) is 23.5 Å². The van der Waals surface area contributed by atoms with Crippen LogP contribution in [0, 0.1) is 18.3 Å². The Morgan fingerprint density at radius 3 is 2.63 bits per heavy atom. The summed E-state index contributed by atoms with van der Waals surface area (Å²) in [6.45, 7) is 2.00. The summed E-state index contributed by atoms with van der Waals surface area (Å²) in [5, 5.41) is 11.7. The van der Waals surface area contributed by atoms with Gasteiger partial charge in [0, 0.05) is 18.5 Å². The largest absolute Gasteiger partial charge is 0.298 e. The van der Waals surface area contributed by atoms with Gasteiger partial charge in [0.2, 0.25) is 10.0 Å². The number of hydrogen-bond donors (Lipinski definition) is 2. The van der Waals surface area contributed by atoms with E-state index < -0.39 is 10.0 Å². The number of carbonyl (C=O) groups excluding carboxylic acids is 1. The Morgan fingerprint density at radius 1 is 1.22 bits per heavy atom. The first-order valence-electron chi connectivity index (χ1n) is 8.05. The normalized spacial score (nSPS) is 11.3. The molecule has 0 aliphatic rings. The second kappa shape index (κ2) is 7.84. The SMILES string of the molecule is Cc1cccc2sc(NC(=O)c3ccc(S(=O)(=O)NCCC#N)cc3)nc12. The fourth-order valence-corrected chi connectivity index (χ4v) is 4.39. The van der Waals surface area contributed by atoms with E-state index in [2.05, 4.69) is 15.0 Å². The molecule has 0 fully saturated rings. The minimum atomic E-state index is -3.70. The molecule has 0 aliphatic heterocycles. The number of aromatic nitrogens is 1. The average Bonchev–Trinajstić information content (AvgIpc) is 3.06. The lowest BCUT2D eigenvalue weighted by atomic mass is 10.2. The Balaban J connectivity index is 1.73. The summed E-state index contributed by atoms with van der Waals surface area (Å²) in [4.78, 5) is 16.9. The molecule has 0 atom stereocenters. The standard InChI is InChI=1S/C18H16N4O3S2/c1-12-4-2-5-15-16(12)21-18(26-15)22-17(23)13-6-8-14(9-7-13)27(24,25)20-11-3-10-19/h2,4-9,20H,3,11H2,1H3,(H,21,22,23). The molecule has 7 nitrogen and oxygen atoms in total. The Kier molecular flexibility index (Phi) is 5.51. The van der Waals surface area contributed by atoms with Crippen molar-refractivity contribution >= 4 is 42.6 Å². The van der Waals surface area contributed by atoms with Crippen molar-refractivity contribution in [1.82, 2.24) is 9.71 Å². The van der Waals surface area contributed by atoms with Gasteiger partial charge >= 0.3 is 0 Å². The maximum absolute atomic E-state index is 12.4. The van der Waals surface area contributed by atoms with Crippen molar-refractivity contribution < 1.29 is 13.2 Å².